The summed E-state index contributed by atoms with van der Waals surface area (Å²) in [6.07, 6.45) is 0.165. The minimum absolute atomic E-state index is 0.165. The molecule has 1 aromatic heterocycles. The van der Waals surface area contributed by atoms with Crippen LogP contribution in [0.15, 0.2) is 28.7 Å². The van der Waals surface area contributed by atoms with Gasteiger partial charge in [0.05, 0.1) is 12.3 Å². The second kappa shape index (κ2) is 5.95. The van der Waals surface area contributed by atoms with Crippen LogP contribution in [0.25, 0.3) is 11.3 Å². The number of benzene rings is 1. The molecule has 0 radical (unpaired) electrons. The zero-order chi connectivity index (χ0) is 13.2. The van der Waals surface area contributed by atoms with Crippen LogP contribution in [-0.2, 0) is 4.74 Å². The highest BCUT2D eigenvalue weighted by Crippen LogP contribution is 2.37. The second-order valence-corrected chi connectivity index (χ2v) is 7.61. The van der Waals surface area contributed by atoms with Crippen LogP contribution in [0.3, 0.4) is 0 Å². The maximum absolute atomic E-state index is 5.81. The molecule has 2 aromatic rings. The Morgan fingerprint density at radius 3 is 2.95 bits per heavy atom. The molecule has 2 heterocycles. The lowest BCUT2D eigenvalue weighted by Crippen LogP contribution is -2.15. The van der Waals surface area contributed by atoms with Crippen molar-refractivity contribution in [2.45, 2.75) is 13.0 Å². The van der Waals surface area contributed by atoms with E-state index in [1.54, 1.807) is 11.3 Å². The molecule has 2 nitrogen and oxygen atoms in total. The van der Waals surface area contributed by atoms with Crippen molar-refractivity contribution in [3.05, 3.63) is 38.6 Å². The molecule has 3 rings (SSSR count). The fourth-order valence-corrected chi connectivity index (χ4v) is 4.50. The molecule has 19 heavy (non-hydrogen) atoms. The van der Waals surface area contributed by atoms with Crippen LogP contribution in [0.2, 0.25) is 0 Å². The summed E-state index contributed by atoms with van der Waals surface area (Å²) in [5.41, 5.74) is 2.23. The largest absolute Gasteiger partial charge is 0.369 e. The number of nitrogens with zero attached hydrogens (tertiary/aromatic N) is 1. The molecule has 1 aliphatic rings. The number of hydrogen-bond donors (Lipinski definition) is 0. The fraction of sp³-hybridized carbons (Fsp3) is 0.357. The number of ether oxygens (including phenoxy) is 1. The number of thiazole rings is 1. The van der Waals surface area contributed by atoms with E-state index in [4.69, 9.17) is 9.72 Å². The fourth-order valence-electron chi connectivity index (χ4n) is 2.09. The molecule has 5 heteroatoms. The summed E-state index contributed by atoms with van der Waals surface area (Å²) in [7, 11) is 0. The van der Waals surface area contributed by atoms with Crippen molar-refractivity contribution in [1.29, 1.82) is 0 Å². The minimum Gasteiger partial charge on any atom is -0.369 e. The Balaban J connectivity index is 1.95. The van der Waals surface area contributed by atoms with E-state index in [0.717, 1.165) is 38.9 Å². The first-order valence-electron chi connectivity index (χ1n) is 6.17. The molecule has 1 aromatic carbocycles. The van der Waals surface area contributed by atoms with Crippen molar-refractivity contribution in [1.82, 2.24) is 4.98 Å². The van der Waals surface area contributed by atoms with E-state index >= 15 is 0 Å². The first-order valence-corrected chi connectivity index (χ1v) is 8.93. The molecule has 1 atom stereocenters. The van der Waals surface area contributed by atoms with Gasteiger partial charge in [0.1, 0.15) is 11.1 Å². The first kappa shape index (κ1) is 13.6. The quantitative estimate of drug-likeness (QED) is 0.780. The molecular formula is C14H14BrNOS2. The summed E-state index contributed by atoms with van der Waals surface area (Å²) < 4.78 is 6.91. The van der Waals surface area contributed by atoms with Crippen molar-refractivity contribution >= 4 is 39.0 Å². The Kier molecular flexibility index (Phi) is 4.27. The Morgan fingerprint density at radius 1 is 1.37 bits per heavy atom. The van der Waals surface area contributed by atoms with Crippen LogP contribution >= 0.6 is 39.0 Å². The van der Waals surface area contributed by atoms with Gasteiger partial charge in [0, 0.05) is 26.4 Å². The summed E-state index contributed by atoms with van der Waals surface area (Å²) in [4.78, 5) is 6.07. The first-order chi connectivity index (χ1) is 9.25. The number of aryl methyl sites for hydroxylation is 1. The standard InChI is InChI=1S/C14H14BrNOS2/c1-9-13(10-4-2-3-5-11(10)15)16-14(19-9)12-8-18-7-6-17-12/h2-5,12H,6-8H2,1H3. The number of aromatic nitrogens is 1. The SMILES string of the molecule is Cc1sc(C2CSCCO2)nc1-c1ccccc1Br. The van der Waals surface area contributed by atoms with E-state index in [0.29, 0.717) is 0 Å². The van der Waals surface area contributed by atoms with E-state index in [1.165, 1.54) is 4.88 Å². The van der Waals surface area contributed by atoms with Crippen LogP contribution in [0.1, 0.15) is 16.0 Å². The number of thioether (sulfide) groups is 1. The molecule has 1 saturated heterocycles. The van der Waals surface area contributed by atoms with Gasteiger partial charge in [-0.05, 0) is 13.0 Å². The summed E-state index contributed by atoms with van der Waals surface area (Å²) >= 11 is 7.30. The Bertz CT molecular complexity index is 579. The predicted octanol–water partition coefficient (Wildman–Crippen LogP) is 4.69. The number of halogens is 1. The van der Waals surface area contributed by atoms with Gasteiger partial charge in [0.15, 0.2) is 0 Å². The van der Waals surface area contributed by atoms with Gasteiger partial charge in [0.25, 0.3) is 0 Å². The van der Waals surface area contributed by atoms with Crippen LogP contribution in [0, 0.1) is 6.92 Å². The second-order valence-electron chi connectivity index (χ2n) is 4.37. The maximum atomic E-state index is 5.81. The monoisotopic (exact) mass is 355 g/mol. The lowest BCUT2D eigenvalue weighted by atomic mass is 10.1. The third-order valence-corrected chi connectivity index (χ3v) is 5.78. The molecule has 1 fully saturated rings. The summed E-state index contributed by atoms with van der Waals surface area (Å²) in [5, 5.41) is 1.11. The minimum atomic E-state index is 0.165. The van der Waals surface area contributed by atoms with Gasteiger partial charge in [-0.25, -0.2) is 4.98 Å². The normalized spacial score (nSPS) is 19.6. The molecule has 0 spiro atoms. The van der Waals surface area contributed by atoms with Gasteiger partial charge in [-0.15, -0.1) is 11.3 Å². The van der Waals surface area contributed by atoms with E-state index in [1.807, 2.05) is 23.9 Å². The Labute approximate surface area is 129 Å². The molecule has 100 valence electrons. The summed E-state index contributed by atoms with van der Waals surface area (Å²) in [5.74, 6) is 2.11. The Hall–Kier alpha value is -0.360. The van der Waals surface area contributed by atoms with E-state index in [9.17, 15) is 0 Å². The maximum Gasteiger partial charge on any atom is 0.123 e. The molecular weight excluding hydrogens is 342 g/mol. The van der Waals surface area contributed by atoms with Crippen molar-refractivity contribution in [2.24, 2.45) is 0 Å². The molecule has 0 aliphatic carbocycles. The average molecular weight is 356 g/mol. The highest BCUT2D eigenvalue weighted by Gasteiger charge is 2.22. The smallest absolute Gasteiger partial charge is 0.123 e. The zero-order valence-electron chi connectivity index (χ0n) is 10.6. The topological polar surface area (TPSA) is 22.1 Å². The van der Waals surface area contributed by atoms with E-state index in [-0.39, 0.29) is 6.10 Å². The van der Waals surface area contributed by atoms with E-state index < -0.39 is 0 Å². The van der Waals surface area contributed by atoms with Gasteiger partial charge in [-0.3, -0.25) is 0 Å². The number of hydrogen-bond acceptors (Lipinski definition) is 4. The molecule has 0 amide bonds. The highest BCUT2D eigenvalue weighted by molar-refractivity contribution is 9.10. The lowest BCUT2D eigenvalue weighted by molar-refractivity contribution is 0.0756. The summed E-state index contributed by atoms with van der Waals surface area (Å²) in [6, 6.07) is 8.23. The van der Waals surface area contributed by atoms with Crippen molar-refractivity contribution in [3.63, 3.8) is 0 Å². The average Bonchev–Trinajstić information content (AvgIpc) is 2.82. The Morgan fingerprint density at radius 2 is 2.21 bits per heavy atom. The van der Waals surface area contributed by atoms with E-state index in [2.05, 4.69) is 35.0 Å². The van der Waals surface area contributed by atoms with Crippen LogP contribution < -0.4 is 0 Å². The van der Waals surface area contributed by atoms with Gasteiger partial charge in [-0.2, -0.15) is 11.8 Å². The zero-order valence-corrected chi connectivity index (χ0v) is 13.8. The van der Waals surface area contributed by atoms with Gasteiger partial charge >= 0.3 is 0 Å². The van der Waals surface area contributed by atoms with Crippen molar-refractivity contribution in [2.75, 3.05) is 18.1 Å². The molecule has 0 saturated carbocycles. The van der Waals surface area contributed by atoms with Crippen LogP contribution in [0.4, 0.5) is 0 Å². The summed E-state index contributed by atoms with van der Waals surface area (Å²) in [6.45, 7) is 2.96. The van der Waals surface area contributed by atoms with Gasteiger partial charge < -0.3 is 4.74 Å². The van der Waals surface area contributed by atoms with Crippen molar-refractivity contribution < 1.29 is 4.74 Å². The van der Waals surface area contributed by atoms with Crippen LogP contribution in [-0.4, -0.2) is 23.1 Å². The van der Waals surface area contributed by atoms with Gasteiger partial charge in [-0.1, -0.05) is 34.1 Å². The highest BCUT2D eigenvalue weighted by atomic mass is 79.9. The van der Waals surface area contributed by atoms with Gasteiger partial charge in [0.2, 0.25) is 0 Å². The molecule has 1 aliphatic heterocycles. The van der Waals surface area contributed by atoms with Crippen LogP contribution in [0.5, 0.6) is 0 Å². The number of rotatable bonds is 2. The molecule has 0 bridgehead atoms. The predicted molar refractivity (Wildman–Crippen MR) is 86.0 cm³/mol. The van der Waals surface area contributed by atoms with Crippen molar-refractivity contribution in [3.8, 4) is 11.3 Å². The third-order valence-electron chi connectivity index (χ3n) is 3.03. The lowest BCUT2D eigenvalue weighted by Gasteiger charge is -2.19. The third kappa shape index (κ3) is 2.89. The molecule has 0 N–H and O–H groups in total. The molecule has 1 unspecified atom stereocenters.